The molecule has 0 bridgehead atoms. The molecule has 0 aromatic heterocycles. The standard InChI is InChI=1S/C10H16N2O6/c1-4-18-9(14)8(11-15)7(13)5-6-10(2,3)12(16)17/h15H,4-6H2,1-3H3/b11-8+. The Kier molecular flexibility index (Phi) is 5.94. The van der Waals surface area contributed by atoms with Crippen LogP contribution in [0, 0.1) is 10.1 Å². The Morgan fingerprint density at radius 3 is 2.39 bits per heavy atom. The molecule has 0 unspecified atom stereocenters. The van der Waals surface area contributed by atoms with Gasteiger partial charge >= 0.3 is 5.97 Å². The van der Waals surface area contributed by atoms with E-state index < -0.39 is 27.9 Å². The zero-order chi connectivity index (χ0) is 14.3. The van der Waals surface area contributed by atoms with Crippen molar-refractivity contribution < 1.29 is 24.5 Å². The minimum Gasteiger partial charge on any atom is -0.461 e. The summed E-state index contributed by atoms with van der Waals surface area (Å²) in [5, 5.41) is 21.8. The third kappa shape index (κ3) is 4.48. The van der Waals surface area contributed by atoms with Crippen LogP contribution in [-0.2, 0) is 14.3 Å². The Morgan fingerprint density at radius 2 is 2.00 bits per heavy atom. The van der Waals surface area contributed by atoms with Gasteiger partial charge in [0.05, 0.1) is 6.61 Å². The van der Waals surface area contributed by atoms with E-state index in [4.69, 9.17) is 5.21 Å². The molecule has 0 aromatic rings. The van der Waals surface area contributed by atoms with E-state index in [0.29, 0.717) is 0 Å². The number of rotatable bonds is 7. The predicted octanol–water partition coefficient (Wildman–Crippen LogP) is 0.784. The predicted molar refractivity (Wildman–Crippen MR) is 61.2 cm³/mol. The molecule has 8 heteroatoms. The van der Waals surface area contributed by atoms with Crippen LogP contribution in [0.25, 0.3) is 0 Å². The summed E-state index contributed by atoms with van der Waals surface area (Å²) in [5.74, 6) is -1.82. The van der Waals surface area contributed by atoms with E-state index >= 15 is 0 Å². The van der Waals surface area contributed by atoms with Crippen LogP contribution in [-0.4, -0.2) is 39.7 Å². The van der Waals surface area contributed by atoms with Crippen molar-refractivity contribution in [3.05, 3.63) is 10.1 Å². The lowest BCUT2D eigenvalue weighted by Gasteiger charge is -2.14. The second-order valence-corrected chi connectivity index (χ2v) is 4.16. The van der Waals surface area contributed by atoms with E-state index in [1.807, 2.05) is 0 Å². The third-order valence-electron chi connectivity index (χ3n) is 2.29. The maximum Gasteiger partial charge on any atom is 0.364 e. The van der Waals surface area contributed by atoms with E-state index in [2.05, 4.69) is 9.89 Å². The Labute approximate surface area is 104 Å². The van der Waals surface area contributed by atoms with Gasteiger partial charge < -0.3 is 9.94 Å². The molecule has 0 aliphatic heterocycles. The van der Waals surface area contributed by atoms with Gasteiger partial charge in [0.15, 0.2) is 5.78 Å². The van der Waals surface area contributed by atoms with E-state index in [9.17, 15) is 19.7 Å². The maximum absolute atomic E-state index is 11.5. The van der Waals surface area contributed by atoms with Crippen molar-refractivity contribution in [2.75, 3.05) is 6.61 Å². The van der Waals surface area contributed by atoms with Crippen LogP contribution in [0.1, 0.15) is 33.6 Å². The molecule has 8 nitrogen and oxygen atoms in total. The third-order valence-corrected chi connectivity index (χ3v) is 2.29. The van der Waals surface area contributed by atoms with E-state index in [1.54, 1.807) is 0 Å². The molecule has 0 amide bonds. The average Bonchev–Trinajstić information content (AvgIpc) is 2.27. The van der Waals surface area contributed by atoms with Crippen LogP contribution in [0.15, 0.2) is 5.16 Å². The minimum absolute atomic E-state index is 0.0333. The second-order valence-electron chi connectivity index (χ2n) is 4.16. The first kappa shape index (κ1) is 16.0. The summed E-state index contributed by atoms with van der Waals surface area (Å²) >= 11 is 0. The number of hydrogen-bond donors (Lipinski definition) is 1. The van der Waals surface area contributed by atoms with Gasteiger partial charge in [0.1, 0.15) is 0 Å². The summed E-state index contributed by atoms with van der Waals surface area (Å²) in [6.45, 7) is 4.29. The van der Waals surface area contributed by atoms with Crippen LogP contribution >= 0.6 is 0 Å². The molecular formula is C10H16N2O6. The molecule has 0 aromatic carbocycles. The Bertz CT molecular complexity index is 375. The zero-order valence-corrected chi connectivity index (χ0v) is 10.5. The first-order valence-electron chi connectivity index (χ1n) is 5.33. The molecule has 0 atom stereocenters. The van der Waals surface area contributed by atoms with Crippen molar-refractivity contribution in [3.63, 3.8) is 0 Å². The maximum atomic E-state index is 11.5. The van der Waals surface area contributed by atoms with Crippen molar-refractivity contribution in [2.24, 2.45) is 5.16 Å². The molecule has 0 rings (SSSR count). The molecule has 18 heavy (non-hydrogen) atoms. The lowest BCUT2D eigenvalue weighted by Crippen LogP contribution is -2.33. The Balaban J connectivity index is 4.58. The summed E-state index contributed by atoms with van der Waals surface area (Å²) in [6, 6.07) is 0. The van der Waals surface area contributed by atoms with Crippen LogP contribution in [0.3, 0.4) is 0 Å². The molecule has 0 spiro atoms. The largest absolute Gasteiger partial charge is 0.461 e. The van der Waals surface area contributed by atoms with E-state index in [1.165, 1.54) is 20.8 Å². The normalized spacial score (nSPS) is 12.1. The summed E-state index contributed by atoms with van der Waals surface area (Å²) in [5.41, 5.74) is -2.03. The van der Waals surface area contributed by atoms with E-state index in [0.717, 1.165) is 0 Å². The smallest absolute Gasteiger partial charge is 0.364 e. The monoisotopic (exact) mass is 260 g/mol. The molecule has 0 aliphatic carbocycles. The Hall–Kier alpha value is -1.99. The highest BCUT2D eigenvalue weighted by atomic mass is 16.6. The van der Waals surface area contributed by atoms with Gasteiger partial charge in [-0.3, -0.25) is 14.9 Å². The average molecular weight is 260 g/mol. The number of hydrogen-bond acceptors (Lipinski definition) is 7. The molecule has 0 heterocycles. The summed E-state index contributed by atoms with van der Waals surface area (Å²) in [6.07, 6.45) is -0.344. The summed E-state index contributed by atoms with van der Waals surface area (Å²) in [4.78, 5) is 32.9. The quantitative estimate of drug-likeness (QED) is 0.180. The number of esters is 1. The molecule has 0 saturated heterocycles. The molecule has 1 N–H and O–H groups in total. The fourth-order valence-electron chi connectivity index (χ4n) is 1.04. The first-order valence-corrected chi connectivity index (χ1v) is 5.33. The zero-order valence-electron chi connectivity index (χ0n) is 10.5. The highest BCUT2D eigenvalue weighted by Gasteiger charge is 2.33. The van der Waals surface area contributed by atoms with Gasteiger partial charge in [-0.25, -0.2) is 4.79 Å². The first-order chi connectivity index (χ1) is 8.26. The van der Waals surface area contributed by atoms with Gasteiger partial charge in [0.2, 0.25) is 11.3 Å². The summed E-state index contributed by atoms with van der Waals surface area (Å²) in [7, 11) is 0. The minimum atomic E-state index is -1.29. The van der Waals surface area contributed by atoms with Gasteiger partial charge in [-0.05, 0) is 6.92 Å². The number of oxime groups is 1. The molecule has 0 radical (unpaired) electrons. The number of nitro groups is 1. The van der Waals surface area contributed by atoms with Gasteiger partial charge in [0.25, 0.3) is 0 Å². The van der Waals surface area contributed by atoms with Crippen LogP contribution in [0.2, 0.25) is 0 Å². The number of ether oxygens (including phenoxy) is 1. The highest BCUT2D eigenvalue weighted by Crippen LogP contribution is 2.15. The van der Waals surface area contributed by atoms with Gasteiger partial charge in [-0.15, -0.1) is 0 Å². The number of carbonyl (C=O) groups is 2. The summed E-state index contributed by atoms with van der Waals surface area (Å²) < 4.78 is 4.51. The van der Waals surface area contributed by atoms with Gasteiger partial charge in [0, 0.05) is 31.6 Å². The van der Waals surface area contributed by atoms with Crippen molar-refractivity contribution >= 4 is 17.5 Å². The molecule has 0 aliphatic rings. The van der Waals surface area contributed by atoms with Crippen LogP contribution in [0.5, 0.6) is 0 Å². The number of ketones is 1. The number of nitrogens with zero attached hydrogens (tertiary/aromatic N) is 2. The molecule has 0 saturated carbocycles. The SMILES string of the molecule is CCOC(=O)/C(=N/O)C(=O)CCC(C)(C)[N+](=O)[O-]. The van der Waals surface area contributed by atoms with Crippen LogP contribution < -0.4 is 0 Å². The number of carbonyl (C=O) groups excluding carboxylic acids is 2. The van der Waals surface area contributed by atoms with Crippen molar-refractivity contribution in [3.8, 4) is 0 Å². The molecule has 0 fully saturated rings. The van der Waals surface area contributed by atoms with Crippen molar-refractivity contribution in [1.82, 2.24) is 0 Å². The van der Waals surface area contributed by atoms with Crippen molar-refractivity contribution in [2.45, 2.75) is 39.2 Å². The fourth-order valence-corrected chi connectivity index (χ4v) is 1.04. The topological polar surface area (TPSA) is 119 Å². The number of Topliss-reactive ketones (excluding diaryl/α,β-unsaturated/α-hetero) is 1. The fraction of sp³-hybridized carbons (Fsp3) is 0.700. The molecular weight excluding hydrogens is 244 g/mol. The van der Waals surface area contributed by atoms with Crippen molar-refractivity contribution in [1.29, 1.82) is 0 Å². The lowest BCUT2D eigenvalue weighted by molar-refractivity contribution is -0.561. The van der Waals surface area contributed by atoms with Gasteiger partial charge in [-0.1, -0.05) is 5.16 Å². The van der Waals surface area contributed by atoms with E-state index in [-0.39, 0.29) is 19.4 Å². The molecule has 102 valence electrons. The van der Waals surface area contributed by atoms with Crippen LogP contribution in [0.4, 0.5) is 0 Å². The Morgan fingerprint density at radius 1 is 1.44 bits per heavy atom. The lowest BCUT2D eigenvalue weighted by atomic mass is 9.96. The van der Waals surface area contributed by atoms with Gasteiger partial charge in [-0.2, -0.15) is 0 Å². The highest BCUT2D eigenvalue weighted by molar-refractivity contribution is 6.64. The second kappa shape index (κ2) is 6.67.